The minimum atomic E-state index is -0.709. The van der Waals surface area contributed by atoms with Gasteiger partial charge in [-0.2, -0.15) is 0 Å². The zero-order valence-electron chi connectivity index (χ0n) is 7.96. The van der Waals surface area contributed by atoms with E-state index in [1.165, 1.54) is 12.1 Å². The molecular formula is C10H13FN2O. The van der Waals surface area contributed by atoms with Crippen LogP contribution in [0.25, 0.3) is 0 Å². The Labute approximate surface area is 81.9 Å². The second kappa shape index (κ2) is 4.19. The molecule has 0 spiro atoms. The van der Waals surface area contributed by atoms with E-state index in [2.05, 4.69) is 0 Å². The zero-order chi connectivity index (χ0) is 10.7. The highest BCUT2D eigenvalue weighted by Gasteiger charge is 2.11. The minimum Gasteiger partial charge on any atom is -0.368 e. The Morgan fingerprint density at radius 2 is 2.21 bits per heavy atom. The van der Waals surface area contributed by atoms with Gasteiger partial charge >= 0.3 is 0 Å². The van der Waals surface area contributed by atoms with E-state index in [9.17, 15) is 9.18 Å². The number of carbonyl (C=O) groups excluding carboxylic acids is 1. The molecule has 1 rings (SSSR count). The number of nitrogens with two attached hydrogens (primary N) is 2. The molecule has 0 aliphatic carbocycles. The van der Waals surface area contributed by atoms with Gasteiger partial charge in [-0.25, -0.2) is 4.39 Å². The summed E-state index contributed by atoms with van der Waals surface area (Å²) in [6.07, 6.45) is 0.349. The number of halogens is 1. The van der Waals surface area contributed by atoms with Crippen LogP contribution in [0.3, 0.4) is 0 Å². The molecule has 0 heterocycles. The van der Waals surface area contributed by atoms with Crippen LogP contribution in [-0.2, 0) is 11.2 Å². The fourth-order valence-electron chi connectivity index (χ4n) is 1.23. The van der Waals surface area contributed by atoms with Crippen molar-refractivity contribution in [3.63, 3.8) is 0 Å². The van der Waals surface area contributed by atoms with Crippen LogP contribution < -0.4 is 11.5 Å². The minimum absolute atomic E-state index is 0.293. The number of rotatable bonds is 3. The molecule has 0 aliphatic heterocycles. The summed E-state index contributed by atoms with van der Waals surface area (Å²) in [6.45, 7) is 1.77. The van der Waals surface area contributed by atoms with Crippen LogP contribution in [0.4, 0.5) is 4.39 Å². The molecule has 1 unspecified atom stereocenters. The first-order valence-electron chi connectivity index (χ1n) is 4.30. The zero-order valence-corrected chi connectivity index (χ0v) is 7.96. The first-order valence-corrected chi connectivity index (χ1v) is 4.30. The van der Waals surface area contributed by atoms with Crippen molar-refractivity contribution >= 4 is 5.91 Å². The summed E-state index contributed by atoms with van der Waals surface area (Å²) >= 11 is 0. The number of primary amides is 1. The first kappa shape index (κ1) is 10.7. The molecule has 0 saturated carbocycles. The second-order valence-corrected chi connectivity index (χ2v) is 3.28. The van der Waals surface area contributed by atoms with Crippen LogP contribution in [0.2, 0.25) is 0 Å². The number of hydrogen-bond acceptors (Lipinski definition) is 2. The van der Waals surface area contributed by atoms with Gasteiger partial charge in [-0.3, -0.25) is 4.79 Å². The molecule has 4 heteroatoms. The first-order chi connectivity index (χ1) is 6.50. The summed E-state index contributed by atoms with van der Waals surface area (Å²) in [5.41, 5.74) is 12.1. The lowest BCUT2D eigenvalue weighted by molar-refractivity contribution is -0.119. The molecule has 1 atom stereocenters. The van der Waals surface area contributed by atoms with E-state index in [0.29, 0.717) is 6.42 Å². The summed E-state index contributed by atoms with van der Waals surface area (Å²) in [5, 5.41) is 0. The fourth-order valence-corrected chi connectivity index (χ4v) is 1.23. The Hall–Kier alpha value is -1.42. The summed E-state index contributed by atoms with van der Waals surface area (Å²) in [4.78, 5) is 10.7. The van der Waals surface area contributed by atoms with Crippen molar-refractivity contribution in [1.82, 2.24) is 0 Å². The SMILES string of the molecule is Cc1cc(F)ccc1CC(N)C(N)=O. The van der Waals surface area contributed by atoms with Crippen molar-refractivity contribution in [3.05, 3.63) is 35.1 Å². The van der Waals surface area contributed by atoms with Crippen molar-refractivity contribution in [3.8, 4) is 0 Å². The van der Waals surface area contributed by atoms with E-state index in [0.717, 1.165) is 11.1 Å². The molecule has 76 valence electrons. The van der Waals surface area contributed by atoms with Crippen molar-refractivity contribution in [1.29, 1.82) is 0 Å². The lowest BCUT2D eigenvalue weighted by atomic mass is 10.0. The highest BCUT2D eigenvalue weighted by Crippen LogP contribution is 2.11. The van der Waals surface area contributed by atoms with Gasteiger partial charge in [0.2, 0.25) is 5.91 Å². The molecule has 0 aromatic heterocycles. The van der Waals surface area contributed by atoms with E-state index in [-0.39, 0.29) is 5.82 Å². The maximum absolute atomic E-state index is 12.7. The Balaban J connectivity index is 2.82. The molecule has 1 aromatic carbocycles. The third kappa shape index (κ3) is 2.53. The van der Waals surface area contributed by atoms with Crippen molar-refractivity contribution in [2.24, 2.45) is 11.5 Å². The summed E-state index contributed by atoms with van der Waals surface area (Å²) in [7, 11) is 0. The average molecular weight is 196 g/mol. The van der Waals surface area contributed by atoms with Crippen LogP contribution in [0, 0.1) is 12.7 Å². The molecule has 0 saturated heterocycles. The molecule has 1 amide bonds. The Kier molecular flexibility index (Phi) is 3.19. The van der Waals surface area contributed by atoms with Gasteiger partial charge in [-0.15, -0.1) is 0 Å². The molecular weight excluding hydrogens is 183 g/mol. The van der Waals surface area contributed by atoms with Gasteiger partial charge in [0.05, 0.1) is 6.04 Å². The van der Waals surface area contributed by atoms with E-state index in [1.807, 2.05) is 0 Å². The van der Waals surface area contributed by atoms with Crippen LogP contribution in [-0.4, -0.2) is 11.9 Å². The van der Waals surface area contributed by atoms with E-state index in [1.54, 1.807) is 13.0 Å². The lowest BCUT2D eigenvalue weighted by Crippen LogP contribution is -2.38. The standard InChI is InChI=1S/C10H13FN2O/c1-6-4-8(11)3-2-7(6)5-9(12)10(13)14/h2-4,9H,5,12H2,1H3,(H2,13,14). The summed E-state index contributed by atoms with van der Waals surface area (Å²) in [5.74, 6) is -0.840. The Bertz CT molecular complexity index is 352. The van der Waals surface area contributed by atoms with Gasteiger partial charge in [0.1, 0.15) is 5.82 Å². The van der Waals surface area contributed by atoms with Crippen molar-refractivity contribution in [2.75, 3.05) is 0 Å². The highest BCUT2D eigenvalue weighted by atomic mass is 19.1. The molecule has 4 N–H and O–H groups in total. The van der Waals surface area contributed by atoms with Gasteiger partial charge in [0, 0.05) is 0 Å². The highest BCUT2D eigenvalue weighted by molar-refractivity contribution is 5.79. The maximum Gasteiger partial charge on any atom is 0.234 e. The van der Waals surface area contributed by atoms with E-state index < -0.39 is 11.9 Å². The monoisotopic (exact) mass is 196 g/mol. The normalized spacial score (nSPS) is 12.5. The van der Waals surface area contributed by atoms with Crippen LogP contribution in [0.1, 0.15) is 11.1 Å². The fraction of sp³-hybridized carbons (Fsp3) is 0.300. The van der Waals surface area contributed by atoms with Crippen molar-refractivity contribution in [2.45, 2.75) is 19.4 Å². The lowest BCUT2D eigenvalue weighted by Gasteiger charge is -2.09. The van der Waals surface area contributed by atoms with Gasteiger partial charge < -0.3 is 11.5 Å². The van der Waals surface area contributed by atoms with Crippen LogP contribution >= 0.6 is 0 Å². The predicted octanol–water partition coefficient (Wildman–Crippen LogP) is 0.489. The van der Waals surface area contributed by atoms with E-state index in [4.69, 9.17) is 11.5 Å². The Morgan fingerprint density at radius 1 is 1.57 bits per heavy atom. The third-order valence-corrected chi connectivity index (χ3v) is 2.11. The molecule has 0 fully saturated rings. The van der Waals surface area contributed by atoms with Crippen molar-refractivity contribution < 1.29 is 9.18 Å². The smallest absolute Gasteiger partial charge is 0.234 e. The van der Waals surface area contributed by atoms with Gasteiger partial charge in [-0.05, 0) is 36.6 Å². The molecule has 1 aromatic rings. The number of aryl methyl sites for hydroxylation is 1. The van der Waals surface area contributed by atoms with Crippen LogP contribution in [0.15, 0.2) is 18.2 Å². The summed E-state index contributed by atoms with van der Waals surface area (Å²) < 4.78 is 12.7. The molecule has 0 bridgehead atoms. The topological polar surface area (TPSA) is 69.1 Å². The second-order valence-electron chi connectivity index (χ2n) is 3.28. The third-order valence-electron chi connectivity index (χ3n) is 2.11. The molecule has 14 heavy (non-hydrogen) atoms. The summed E-state index contributed by atoms with van der Waals surface area (Å²) in [6, 6.07) is 3.66. The quantitative estimate of drug-likeness (QED) is 0.738. The molecule has 0 aliphatic rings. The van der Waals surface area contributed by atoms with Crippen LogP contribution in [0.5, 0.6) is 0 Å². The maximum atomic E-state index is 12.7. The molecule has 3 nitrogen and oxygen atoms in total. The van der Waals surface area contributed by atoms with Gasteiger partial charge in [-0.1, -0.05) is 6.07 Å². The van der Waals surface area contributed by atoms with Gasteiger partial charge in [0.15, 0.2) is 0 Å². The predicted molar refractivity (Wildman–Crippen MR) is 52.0 cm³/mol. The average Bonchev–Trinajstić information content (AvgIpc) is 2.09. The Morgan fingerprint density at radius 3 is 2.71 bits per heavy atom. The number of amides is 1. The van der Waals surface area contributed by atoms with E-state index >= 15 is 0 Å². The number of carbonyl (C=O) groups is 1. The van der Waals surface area contributed by atoms with Gasteiger partial charge in [0.25, 0.3) is 0 Å². The largest absolute Gasteiger partial charge is 0.368 e. The molecule has 0 radical (unpaired) electrons. The number of benzene rings is 1. The number of hydrogen-bond donors (Lipinski definition) is 2.